The Labute approximate surface area is 136 Å². The minimum Gasteiger partial charge on any atom is -0.444 e. The van der Waals surface area contributed by atoms with Crippen molar-refractivity contribution in [1.82, 2.24) is 16.0 Å². The van der Waals surface area contributed by atoms with E-state index >= 15 is 0 Å². The van der Waals surface area contributed by atoms with Gasteiger partial charge in [0.1, 0.15) is 11.6 Å². The number of urea groups is 1. The van der Waals surface area contributed by atoms with E-state index in [0.717, 1.165) is 0 Å². The summed E-state index contributed by atoms with van der Waals surface area (Å²) in [7, 11) is 0. The maximum atomic E-state index is 12.1. The van der Waals surface area contributed by atoms with Crippen molar-refractivity contribution in [3.05, 3.63) is 0 Å². The van der Waals surface area contributed by atoms with Gasteiger partial charge in [-0.3, -0.25) is 10.1 Å². The molecule has 0 radical (unpaired) electrons. The third-order valence-electron chi connectivity index (χ3n) is 2.89. The molecule has 0 spiro atoms. The lowest BCUT2D eigenvalue weighted by molar-refractivity contribution is -0.123. The van der Waals surface area contributed by atoms with Crippen LogP contribution in [0.1, 0.15) is 48.5 Å². The van der Waals surface area contributed by atoms with Crippen LogP contribution in [0, 0.1) is 0 Å². The van der Waals surface area contributed by atoms with Gasteiger partial charge in [0, 0.05) is 0 Å². The molecule has 1 aliphatic rings. The number of rotatable bonds is 4. The predicted molar refractivity (Wildman–Crippen MR) is 83.9 cm³/mol. The number of imide groups is 1. The Morgan fingerprint density at radius 3 is 2.09 bits per heavy atom. The second-order valence-electron chi connectivity index (χ2n) is 7.55. The number of amides is 4. The second-order valence-corrected chi connectivity index (χ2v) is 7.55. The summed E-state index contributed by atoms with van der Waals surface area (Å²) in [5.74, 6) is -0.514. The van der Waals surface area contributed by atoms with Gasteiger partial charge in [0.05, 0.1) is 17.7 Å². The maximum Gasteiger partial charge on any atom is 0.408 e. The summed E-state index contributed by atoms with van der Waals surface area (Å²) in [6.07, 6.45) is -1.21. The third-order valence-corrected chi connectivity index (χ3v) is 2.89. The smallest absolute Gasteiger partial charge is 0.408 e. The quantitative estimate of drug-likeness (QED) is 0.674. The van der Waals surface area contributed by atoms with Gasteiger partial charge in [-0.2, -0.15) is 0 Å². The average molecular weight is 329 g/mol. The van der Waals surface area contributed by atoms with Gasteiger partial charge in [-0.1, -0.05) is 0 Å². The van der Waals surface area contributed by atoms with E-state index in [2.05, 4.69) is 16.0 Å². The Morgan fingerprint density at radius 2 is 1.70 bits per heavy atom. The molecule has 3 N–H and O–H groups in total. The molecule has 8 nitrogen and oxygen atoms in total. The summed E-state index contributed by atoms with van der Waals surface area (Å²) in [4.78, 5) is 35.3. The summed E-state index contributed by atoms with van der Waals surface area (Å²) in [5.41, 5.74) is -1.16. The summed E-state index contributed by atoms with van der Waals surface area (Å²) in [6.45, 7) is 12.5. The molecule has 3 atom stereocenters. The van der Waals surface area contributed by atoms with Gasteiger partial charge in [0.2, 0.25) is 0 Å². The first kappa shape index (κ1) is 19.2. The maximum absolute atomic E-state index is 12.1. The molecule has 1 aliphatic heterocycles. The highest BCUT2D eigenvalue weighted by Crippen LogP contribution is 2.17. The van der Waals surface area contributed by atoms with Crippen molar-refractivity contribution in [2.75, 3.05) is 0 Å². The Hall–Kier alpha value is -1.83. The number of hydrogen-bond donors (Lipinski definition) is 3. The van der Waals surface area contributed by atoms with E-state index in [1.54, 1.807) is 27.7 Å². The van der Waals surface area contributed by atoms with Crippen LogP contribution in [0.2, 0.25) is 0 Å². The van der Waals surface area contributed by atoms with Crippen LogP contribution in [0.5, 0.6) is 0 Å². The molecule has 0 aromatic rings. The molecular weight excluding hydrogens is 302 g/mol. The van der Waals surface area contributed by atoms with Gasteiger partial charge in [-0.05, 0) is 48.5 Å². The molecule has 8 heteroatoms. The highest BCUT2D eigenvalue weighted by molar-refractivity contribution is 6.04. The van der Waals surface area contributed by atoms with Gasteiger partial charge in [-0.15, -0.1) is 0 Å². The summed E-state index contributed by atoms with van der Waals surface area (Å²) in [6, 6.07) is -2.29. The topological polar surface area (TPSA) is 106 Å². The second kappa shape index (κ2) is 6.74. The highest BCUT2D eigenvalue weighted by atomic mass is 16.6. The first-order valence-electron chi connectivity index (χ1n) is 7.57. The normalized spacial score (nSPS) is 21.3. The Morgan fingerprint density at radius 1 is 1.13 bits per heavy atom. The molecule has 132 valence electrons. The summed E-state index contributed by atoms with van der Waals surface area (Å²) in [5, 5.41) is 7.27. The molecular formula is C15H27N3O5. The van der Waals surface area contributed by atoms with Crippen LogP contribution in [0.3, 0.4) is 0 Å². The number of nitrogens with one attached hydrogen (secondary N) is 3. The number of alkyl carbamates (subject to hydrolysis) is 1. The molecule has 1 heterocycles. The molecule has 4 amide bonds. The summed E-state index contributed by atoms with van der Waals surface area (Å²) >= 11 is 0. The SMILES string of the molecule is C[C@H](OC(C)(C)C)[C@@H](NC(=O)OC(C)(C)C)C1NC(=O)NC1=O. The monoisotopic (exact) mass is 329 g/mol. The Bertz CT molecular complexity index is 478. The van der Waals surface area contributed by atoms with Crippen LogP contribution in [0.25, 0.3) is 0 Å². The third kappa shape index (κ3) is 6.43. The van der Waals surface area contributed by atoms with Crippen molar-refractivity contribution < 1.29 is 23.9 Å². The van der Waals surface area contributed by atoms with Crippen molar-refractivity contribution in [2.45, 2.75) is 77.9 Å². The van der Waals surface area contributed by atoms with Crippen LogP contribution in [0.15, 0.2) is 0 Å². The molecule has 0 aliphatic carbocycles. The largest absolute Gasteiger partial charge is 0.444 e. The highest BCUT2D eigenvalue weighted by Gasteiger charge is 2.41. The molecule has 1 fully saturated rings. The average Bonchev–Trinajstić information content (AvgIpc) is 2.60. The van der Waals surface area contributed by atoms with Crippen LogP contribution in [-0.2, 0) is 14.3 Å². The zero-order chi connectivity index (χ0) is 18.0. The minimum absolute atomic E-state index is 0.480. The molecule has 0 aromatic carbocycles. The lowest BCUT2D eigenvalue weighted by Crippen LogP contribution is -2.58. The molecule has 1 saturated heterocycles. The van der Waals surface area contributed by atoms with Crippen LogP contribution < -0.4 is 16.0 Å². The number of carbonyl (C=O) groups is 3. The molecule has 0 bridgehead atoms. The van der Waals surface area contributed by atoms with Crippen LogP contribution in [-0.4, -0.2) is 47.4 Å². The molecule has 0 saturated carbocycles. The number of ether oxygens (including phenoxy) is 2. The molecule has 1 rings (SSSR count). The van der Waals surface area contributed by atoms with Crippen molar-refractivity contribution in [3.63, 3.8) is 0 Å². The van der Waals surface area contributed by atoms with Gasteiger partial charge in [0.15, 0.2) is 0 Å². The predicted octanol–water partition coefficient (Wildman–Crippen LogP) is 1.29. The van der Waals surface area contributed by atoms with Gasteiger partial charge in [0.25, 0.3) is 5.91 Å². The van der Waals surface area contributed by atoms with E-state index in [9.17, 15) is 14.4 Å². The lowest BCUT2D eigenvalue weighted by Gasteiger charge is -2.33. The van der Waals surface area contributed by atoms with E-state index in [1.165, 1.54) is 0 Å². The minimum atomic E-state index is -0.924. The number of hydrogen-bond acceptors (Lipinski definition) is 5. The van der Waals surface area contributed by atoms with E-state index in [-0.39, 0.29) is 0 Å². The first-order chi connectivity index (χ1) is 10.3. The fraction of sp³-hybridized carbons (Fsp3) is 0.800. The summed E-state index contributed by atoms with van der Waals surface area (Å²) < 4.78 is 11.0. The molecule has 23 heavy (non-hydrogen) atoms. The fourth-order valence-electron chi connectivity index (χ4n) is 2.23. The molecule has 1 unspecified atom stereocenters. The molecule has 0 aromatic heterocycles. The van der Waals surface area contributed by atoms with E-state index in [4.69, 9.17) is 9.47 Å². The van der Waals surface area contributed by atoms with Crippen molar-refractivity contribution in [2.24, 2.45) is 0 Å². The Balaban J connectivity index is 2.90. The van der Waals surface area contributed by atoms with E-state index in [1.807, 2.05) is 20.8 Å². The van der Waals surface area contributed by atoms with Crippen molar-refractivity contribution in [3.8, 4) is 0 Å². The lowest BCUT2D eigenvalue weighted by atomic mass is 10.0. The van der Waals surface area contributed by atoms with Crippen LogP contribution >= 0.6 is 0 Å². The fourth-order valence-corrected chi connectivity index (χ4v) is 2.23. The van der Waals surface area contributed by atoms with E-state index in [0.29, 0.717) is 0 Å². The number of carbonyl (C=O) groups excluding carboxylic acids is 3. The Kier molecular flexibility index (Phi) is 5.63. The van der Waals surface area contributed by atoms with Gasteiger partial charge in [-0.25, -0.2) is 9.59 Å². The van der Waals surface area contributed by atoms with Crippen molar-refractivity contribution >= 4 is 18.0 Å². The van der Waals surface area contributed by atoms with Gasteiger partial charge < -0.3 is 20.1 Å². The zero-order valence-corrected chi connectivity index (χ0v) is 14.8. The van der Waals surface area contributed by atoms with E-state index < -0.39 is 47.4 Å². The van der Waals surface area contributed by atoms with Crippen LogP contribution in [0.4, 0.5) is 9.59 Å². The van der Waals surface area contributed by atoms with Crippen molar-refractivity contribution in [1.29, 1.82) is 0 Å². The first-order valence-corrected chi connectivity index (χ1v) is 7.57. The van der Waals surface area contributed by atoms with Gasteiger partial charge >= 0.3 is 12.1 Å². The zero-order valence-electron chi connectivity index (χ0n) is 14.8. The standard InChI is InChI=1S/C15H27N3O5/c1-8(22-14(2,3)4)9(10-11(19)18-12(20)16-10)17-13(21)23-15(5,6)7/h8-10H,1-7H3,(H,17,21)(H2,16,18,19,20)/t8-,9+,10?/m0/s1.